The predicted molar refractivity (Wildman–Crippen MR) is 71.5 cm³/mol. The molecule has 0 saturated heterocycles. The van der Waals surface area contributed by atoms with Crippen molar-refractivity contribution in [2.75, 3.05) is 5.32 Å². The zero-order chi connectivity index (χ0) is 13.9. The van der Waals surface area contributed by atoms with E-state index in [4.69, 9.17) is 16.7 Å². The highest BCUT2D eigenvalue weighted by Gasteiger charge is 2.25. The normalized spacial score (nSPS) is 13.8. The number of aromatic nitrogens is 1. The second-order valence-corrected chi connectivity index (χ2v) is 5.11. The average Bonchev–Trinajstić information content (AvgIpc) is 2.31. The van der Waals surface area contributed by atoms with Crippen LogP contribution in [0.1, 0.15) is 13.8 Å². The lowest BCUT2D eigenvalue weighted by atomic mass is 9.95. The van der Waals surface area contributed by atoms with E-state index >= 15 is 0 Å². The van der Waals surface area contributed by atoms with Gasteiger partial charge in [0.05, 0.1) is 22.3 Å². The molecule has 0 aliphatic heterocycles. The number of carboxylic acid groups (broad SMARTS) is 1. The van der Waals surface area contributed by atoms with Crippen LogP contribution in [0.25, 0.3) is 0 Å². The average molecular weight is 336 g/mol. The van der Waals surface area contributed by atoms with Gasteiger partial charge in [-0.05, 0) is 22.0 Å². The van der Waals surface area contributed by atoms with Crippen LogP contribution in [0.3, 0.4) is 0 Å². The van der Waals surface area contributed by atoms with Crippen molar-refractivity contribution in [3.05, 3.63) is 21.9 Å². The number of rotatable bonds is 4. The first-order valence-corrected chi connectivity index (χ1v) is 6.34. The molecule has 2 atom stereocenters. The molecule has 1 aromatic heterocycles. The SMILES string of the molecule is CC(C(=O)O)C(C)C(=O)Nc1cnc(Cl)c(Br)c1. The monoisotopic (exact) mass is 334 g/mol. The molecule has 0 radical (unpaired) electrons. The standard InChI is InChI=1S/C11H12BrClN2O3/c1-5(6(2)11(17)18)10(16)15-7-3-8(12)9(13)14-4-7/h3-6H,1-2H3,(H,15,16)(H,17,18). The third-order valence-electron chi connectivity index (χ3n) is 2.62. The molecule has 0 fully saturated rings. The Morgan fingerprint density at radius 3 is 2.56 bits per heavy atom. The molecule has 98 valence electrons. The number of anilines is 1. The lowest BCUT2D eigenvalue weighted by Crippen LogP contribution is -2.30. The van der Waals surface area contributed by atoms with Crippen LogP contribution in [0, 0.1) is 11.8 Å². The highest BCUT2D eigenvalue weighted by atomic mass is 79.9. The number of amides is 1. The molecule has 2 unspecified atom stereocenters. The van der Waals surface area contributed by atoms with E-state index in [1.807, 2.05) is 0 Å². The number of halogens is 2. The summed E-state index contributed by atoms with van der Waals surface area (Å²) >= 11 is 8.91. The number of carbonyl (C=O) groups excluding carboxylic acids is 1. The minimum atomic E-state index is -1.01. The third-order valence-corrected chi connectivity index (χ3v) is 3.75. The molecule has 2 N–H and O–H groups in total. The number of nitrogens with zero attached hydrogens (tertiary/aromatic N) is 1. The summed E-state index contributed by atoms with van der Waals surface area (Å²) < 4.78 is 0.556. The Balaban J connectivity index is 2.75. The molecule has 0 aliphatic carbocycles. The summed E-state index contributed by atoms with van der Waals surface area (Å²) in [5.74, 6) is -2.78. The van der Waals surface area contributed by atoms with Gasteiger partial charge in [-0.3, -0.25) is 9.59 Å². The van der Waals surface area contributed by atoms with Crippen LogP contribution >= 0.6 is 27.5 Å². The van der Waals surface area contributed by atoms with Gasteiger partial charge in [0.15, 0.2) is 0 Å². The third kappa shape index (κ3) is 3.68. The lowest BCUT2D eigenvalue weighted by molar-refractivity contribution is -0.145. The topological polar surface area (TPSA) is 79.3 Å². The molecule has 1 amide bonds. The Bertz CT molecular complexity index is 481. The molecule has 0 saturated carbocycles. The van der Waals surface area contributed by atoms with Crippen LogP contribution < -0.4 is 5.32 Å². The van der Waals surface area contributed by atoms with E-state index in [2.05, 4.69) is 26.2 Å². The van der Waals surface area contributed by atoms with E-state index < -0.39 is 17.8 Å². The Morgan fingerprint density at radius 1 is 1.44 bits per heavy atom. The number of aliphatic carboxylic acids is 1. The molecule has 18 heavy (non-hydrogen) atoms. The molecular formula is C11H12BrClN2O3. The van der Waals surface area contributed by atoms with Crippen molar-refractivity contribution < 1.29 is 14.7 Å². The van der Waals surface area contributed by atoms with Crippen molar-refractivity contribution in [2.45, 2.75) is 13.8 Å². The Hall–Kier alpha value is -1.14. The van der Waals surface area contributed by atoms with Gasteiger partial charge in [-0.15, -0.1) is 0 Å². The number of carboxylic acids is 1. The van der Waals surface area contributed by atoms with Crippen LogP contribution in [0.2, 0.25) is 5.15 Å². The zero-order valence-electron chi connectivity index (χ0n) is 9.78. The molecule has 7 heteroatoms. The van der Waals surface area contributed by atoms with Crippen molar-refractivity contribution in [1.29, 1.82) is 0 Å². The Morgan fingerprint density at radius 2 is 2.06 bits per heavy atom. The summed E-state index contributed by atoms with van der Waals surface area (Å²) in [4.78, 5) is 26.4. The van der Waals surface area contributed by atoms with Gasteiger partial charge in [0.2, 0.25) is 5.91 Å². The number of carbonyl (C=O) groups is 2. The van der Waals surface area contributed by atoms with Crippen molar-refractivity contribution in [3.8, 4) is 0 Å². The molecule has 0 aromatic carbocycles. The molecule has 5 nitrogen and oxygen atoms in total. The molecule has 1 heterocycles. The largest absolute Gasteiger partial charge is 0.481 e. The molecule has 1 rings (SSSR count). The second-order valence-electron chi connectivity index (χ2n) is 3.90. The molecule has 1 aromatic rings. The van der Waals surface area contributed by atoms with Crippen LogP contribution in [-0.4, -0.2) is 22.0 Å². The summed E-state index contributed by atoms with van der Waals surface area (Å²) in [5.41, 5.74) is 0.459. The van der Waals surface area contributed by atoms with Crippen LogP contribution in [-0.2, 0) is 9.59 Å². The summed E-state index contributed by atoms with van der Waals surface area (Å²) in [7, 11) is 0. The first kappa shape index (κ1) is 14.9. The van der Waals surface area contributed by atoms with Crippen molar-refractivity contribution in [1.82, 2.24) is 4.98 Å². The van der Waals surface area contributed by atoms with Crippen molar-refractivity contribution in [2.24, 2.45) is 11.8 Å². The molecule has 0 bridgehead atoms. The van der Waals surface area contributed by atoms with Gasteiger partial charge in [0, 0.05) is 5.92 Å². The fourth-order valence-corrected chi connectivity index (χ4v) is 1.64. The number of nitrogens with one attached hydrogen (secondary N) is 1. The van der Waals surface area contributed by atoms with E-state index in [0.29, 0.717) is 15.3 Å². The van der Waals surface area contributed by atoms with Crippen LogP contribution in [0.15, 0.2) is 16.7 Å². The minimum absolute atomic E-state index is 0.292. The summed E-state index contributed by atoms with van der Waals surface area (Å²) in [6.07, 6.45) is 1.41. The maximum Gasteiger partial charge on any atom is 0.307 e. The molecular weight excluding hydrogens is 323 g/mol. The number of hydrogen-bond acceptors (Lipinski definition) is 3. The zero-order valence-corrected chi connectivity index (χ0v) is 12.1. The molecule has 0 aliphatic rings. The smallest absolute Gasteiger partial charge is 0.307 e. The van der Waals surface area contributed by atoms with E-state index in [-0.39, 0.29) is 5.91 Å². The fourth-order valence-electron chi connectivity index (χ4n) is 1.19. The first-order chi connectivity index (χ1) is 8.32. The maximum atomic E-state index is 11.8. The highest BCUT2D eigenvalue weighted by molar-refractivity contribution is 9.10. The summed E-state index contributed by atoms with van der Waals surface area (Å²) in [6.45, 7) is 3.05. The van der Waals surface area contributed by atoms with Gasteiger partial charge in [0.25, 0.3) is 0 Å². The van der Waals surface area contributed by atoms with Crippen LogP contribution in [0.4, 0.5) is 5.69 Å². The Kier molecular flexibility index (Phi) is 5.10. The summed E-state index contributed by atoms with van der Waals surface area (Å²) in [5, 5.41) is 11.7. The van der Waals surface area contributed by atoms with Crippen LogP contribution in [0.5, 0.6) is 0 Å². The quantitative estimate of drug-likeness (QED) is 0.829. The van der Waals surface area contributed by atoms with Gasteiger partial charge >= 0.3 is 5.97 Å². The van der Waals surface area contributed by atoms with Crippen molar-refractivity contribution >= 4 is 45.1 Å². The van der Waals surface area contributed by atoms with Gasteiger partial charge in [-0.25, -0.2) is 4.98 Å². The first-order valence-electron chi connectivity index (χ1n) is 5.17. The molecule has 0 spiro atoms. The second kappa shape index (κ2) is 6.15. The maximum absolute atomic E-state index is 11.8. The number of pyridine rings is 1. The van der Waals surface area contributed by atoms with Crippen molar-refractivity contribution in [3.63, 3.8) is 0 Å². The predicted octanol–water partition coefficient (Wildman–Crippen LogP) is 2.79. The van der Waals surface area contributed by atoms with Gasteiger partial charge < -0.3 is 10.4 Å². The van der Waals surface area contributed by atoms with E-state index in [1.165, 1.54) is 13.1 Å². The minimum Gasteiger partial charge on any atom is -0.481 e. The van der Waals surface area contributed by atoms with E-state index in [1.54, 1.807) is 13.0 Å². The van der Waals surface area contributed by atoms with E-state index in [9.17, 15) is 9.59 Å². The lowest BCUT2D eigenvalue weighted by Gasteiger charge is -2.15. The van der Waals surface area contributed by atoms with Gasteiger partial charge in [0.1, 0.15) is 5.15 Å². The fraction of sp³-hybridized carbons (Fsp3) is 0.364. The van der Waals surface area contributed by atoms with Gasteiger partial charge in [-0.2, -0.15) is 0 Å². The highest BCUT2D eigenvalue weighted by Crippen LogP contribution is 2.23. The number of hydrogen-bond donors (Lipinski definition) is 2. The van der Waals surface area contributed by atoms with Gasteiger partial charge in [-0.1, -0.05) is 25.4 Å². The summed E-state index contributed by atoms with van der Waals surface area (Å²) in [6, 6.07) is 1.60. The van der Waals surface area contributed by atoms with E-state index in [0.717, 1.165) is 0 Å². The Labute approximate surface area is 118 Å².